The van der Waals surface area contributed by atoms with Gasteiger partial charge >= 0.3 is 0 Å². The quantitative estimate of drug-likeness (QED) is 0.182. The van der Waals surface area contributed by atoms with Crippen molar-refractivity contribution in [2.24, 2.45) is 0 Å². The first kappa shape index (κ1) is 29.1. The number of carbonyl (C=O) groups is 5. The summed E-state index contributed by atoms with van der Waals surface area (Å²) in [6, 6.07) is 25.2. The van der Waals surface area contributed by atoms with Crippen LogP contribution in [0.3, 0.4) is 0 Å². The van der Waals surface area contributed by atoms with Crippen LogP contribution in [0.1, 0.15) is 29.5 Å². The smallest absolute Gasteiger partial charge is 0.272 e. The Morgan fingerprint density at radius 1 is 0.860 bits per heavy atom. The van der Waals surface area contributed by atoms with Crippen LogP contribution in [0.15, 0.2) is 112 Å². The fourth-order valence-corrected chi connectivity index (χ4v) is 5.36. The first-order chi connectivity index (χ1) is 20.8. The van der Waals surface area contributed by atoms with Gasteiger partial charge in [0.05, 0.1) is 17.2 Å². The molecule has 1 aliphatic rings. The van der Waals surface area contributed by atoms with E-state index in [0.29, 0.717) is 28.4 Å². The fraction of sp³-hybridized carbons (Fsp3) is 0.0938. The number of benzene rings is 3. The van der Waals surface area contributed by atoms with Crippen molar-refractivity contribution in [3.63, 3.8) is 0 Å². The normalized spacial score (nSPS) is 14.9. The first-order valence-corrected chi connectivity index (χ1v) is 14.1. The van der Waals surface area contributed by atoms with Gasteiger partial charge in [-0.3, -0.25) is 24.0 Å². The highest BCUT2D eigenvalue weighted by molar-refractivity contribution is 8.00. The van der Waals surface area contributed by atoms with Crippen molar-refractivity contribution in [1.82, 2.24) is 5.32 Å². The summed E-state index contributed by atoms with van der Waals surface area (Å²) in [6.07, 6.45) is 2.93. The van der Waals surface area contributed by atoms with Crippen LogP contribution in [0, 0.1) is 0 Å². The van der Waals surface area contributed by atoms with Gasteiger partial charge in [0.2, 0.25) is 17.7 Å². The first-order valence-electron chi connectivity index (χ1n) is 13.2. The third-order valence-corrected chi connectivity index (χ3v) is 7.50. The van der Waals surface area contributed by atoms with Gasteiger partial charge in [0.1, 0.15) is 11.5 Å². The lowest BCUT2D eigenvalue weighted by molar-refractivity contribution is -0.121. The summed E-state index contributed by atoms with van der Waals surface area (Å²) in [4.78, 5) is 64.8. The van der Waals surface area contributed by atoms with E-state index in [2.05, 4.69) is 16.0 Å². The molecule has 1 saturated heterocycles. The topological polar surface area (TPSA) is 138 Å². The van der Waals surface area contributed by atoms with Crippen molar-refractivity contribution in [3.05, 3.63) is 114 Å². The zero-order chi connectivity index (χ0) is 30.3. The van der Waals surface area contributed by atoms with E-state index in [1.165, 1.54) is 31.0 Å². The number of amides is 5. The molecule has 4 aromatic rings. The van der Waals surface area contributed by atoms with Gasteiger partial charge in [-0.2, -0.15) is 0 Å². The number of carbonyl (C=O) groups excluding carboxylic acids is 5. The zero-order valence-electron chi connectivity index (χ0n) is 22.9. The lowest BCUT2D eigenvalue weighted by Crippen LogP contribution is -2.31. The summed E-state index contributed by atoms with van der Waals surface area (Å²) in [6.45, 7) is 1.40. The van der Waals surface area contributed by atoms with Crippen LogP contribution >= 0.6 is 11.8 Å². The molecule has 3 N–H and O–H groups in total. The second-order valence-corrected chi connectivity index (χ2v) is 10.8. The van der Waals surface area contributed by atoms with Gasteiger partial charge in [-0.15, -0.1) is 11.8 Å². The van der Waals surface area contributed by atoms with Crippen molar-refractivity contribution < 1.29 is 28.4 Å². The van der Waals surface area contributed by atoms with Crippen molar-refractivity contribution in [1.29, 1.82) is 0 Å². The zero-order valence-corrected chi connectivity index (χ0v) is 23.7. The van der Waals surface area contributed by atoms with E-state index in [-0.39, 0.29) is 29.8 Å². The minimum atomic E-state index is -0.612. The molecule has 10 nitrogen and oxygen atoms in total. The molecule has 3 aromatic carbocycles. The molecular weight excluding hydrogens is 568 g/mol. The number of thioether (sulfide) groups is 1. The molecule has 5 amide bonds. The molecule has 0 spiro atoms. The summed E-state index contributed by atoms with van der Waals surface area (Å²) in [5, 5.41) is 7.44. The summed E-state index contributed by atoms with van der Waals surface area (Å²) >= 11 is 1.25. The molecule has 0 saturated carbocycles. The Hall–Kier alpha value is -5.42. The number of hydrogen-bond acceptors (Lipinski definition) is 7. The largest absolute Gasteiger partial charge is 0.465 e. The molecule has 2 heterocycles. The maximum Gasteiger partial charge on any atom is 0.272 e. The number of hydrogen-bond donors (Lipinski definition) is 3. The predicted molar refractivity (Wildman–Crippen MR) is 163 cm³/mol. The van der Waals surface area contributed by atoms with Crippen LogP contribution in [-0.2, 0) is 19.2 Å². The van der Waals surface area contributed by atoms with E-state index in [9.17, 15) is 24.0 Å². The summed E-state index contributed by atoms with van der Waals surface area (Å²) in [5.74, 6) is -1.48. The molecular formula is C32H26N4O6S. The van der Waals surface area contributed by atoms with Crippen molar-refractivity contribution in [2.75, 3.05) is 15.5 Å². The highest BCUT2D eigenvalue weighted by Gasteiger charge is 2.40. The Bertz CT molecular complexity index is 1680. The lowest BCUT2D eigenvalue weighted by Gasteiger charge is -2.15. The van der Waals surface area contributed by atoms with Crippen molar-refractivity contribution in [2.45, 2.75) is 23.5 Å². The summed E-state index contributed by atoms with van der Waals surface area (Å²) in [5.41, 5.74) is 1.84. The Morgan fingerprint density at radius 3 is 2.19 bits per heavy atom. The molecule has 5 rings (SSSR count). The van der Waals surface area contributed by atoms with Crippen molar-refractivity contribution in [3.8, 4) is 0 Å². The Morgan fingerprint density at radius 2 is 1.53 bits per heavy atom. The third-order valence-electron chi connectivity index (χ3n) is 6.30. The second-order valence-electron chi connectivity index (χ2n) is 9.48. The molecule has 43 heavy (non-hydrogen) atoms. The monoisotopic (exact) mass is 594 g/mol. The molecule has 11 heteroatoms. The minimum Gasteiger partial charge on any atom is -0.465 e. The molecule has 1 fully saturated rings. The Labute approximate surface area is 251 Å². The van der Waals surface area contributed by atoms with Crippen LogP contribution in [0.4, 0.5) is 17.1 Å². The van der Waals surface area contributed by atoms with Crippen LogP contribution in [0.25, 0.3) is 6.08 Å². The molecule has 1 aliphatic heterocycles. The van der Waals surface area contributed by atoms with Crippen LogP contribution in [0.2, 0.25) is 0 Å². The summed E-state index contributed by atoms with van der Waals surface area (Å²) in [7, 11) is 0. The Balaban J connectivity index is 1.23. The van der Waals surface area contributed by atoms with E-state index in [0.717, 1.165) is 9.80 Å². The number of nitrogens with zero attached hydrogens (tertiary/aromatic N) is 1. The van der Waals surface area contributed by atoms with Gasteiger partial charge in [0.15, 0.2) is 0 Å². The van der Waals surface area contributed by atoms with Gasteiger partial charge in [-0.1, -0.05) is 18.2 Å². The fourth-order valence-electron chi connectivity index (χ4n) is 4.30. The van der Waals surface area contributed by atoms with Gasteiger partial charge < -0.3 is 20.4 Å². The maximum atomic E-state index is 13.1. The standard InChI is InChI=1S/C32H26N4O6S/c1-20(37)33-22-9-13-24(14-10-22)36-29(38)19-28(32(36)41)43-26-15-11-23(12-16-26)34-31(40)27(18-25-8-5-17-42-25)35-30(39)21-6-3-2-4-7-21/h2-18,28H,19H2,1H3,(H,33,37)(H,34,40)(H,35,39)/b27-18-. The van der Waals surface area contributed by atoms with Crippen molar-refractivity contribution >= 4 is 64.4 Å². The molecule has 0 aliphatic carbocycles. The number of furan rings is 1. The number of imide groups is 1. The molecule has 216 valence electrons. The van der Waals surface area contributed by atoms with Crippen LogP contribution in [0.5, 0.6) is 0 Å². The van der Waals surface area contributed by atoms with E-state index in [1.54, 1.807) is 91.0 Å². The number of nitrogens with one attached hydrogen (secondary N) is 3. The maximum absolute atomic E-state index is 13.1. The lowest BCUT2D eigenvalue weighted by atomic mass is 10.2. The number of anilines is 3. The Kier molecular flexibility index (Phi) is 8.82. The average Bonchev–Trinajstić information content (AvgIpc) is 3.61. The molecule has 0 radical (unpaired) electrons. The van der Waals surface area contributed by atoms with Gasteiger partial charge in [0.25, 0.3) is 11.8 Å². The van der Waals surface area contributed by atoms with Gasteiger partial charge in [-0.25, -0.2) is 4.90 Å². The summed E-state index contributed by atoms with van der Waals surface area (Å²) < 4.78 is 5.32. The third kappa shape index (κ3) is 7.27. The van der Waals surface area contributed by atoms with E-state index >= 15 is 0 Å². The minimum absolute atomic E-state index is 0.0116. The molecule has 1 unspecified atom stereocenters. The number of rotatable bonds is 9. The highest BCUT2D eigenvalue weighted by atomic mass is 32.2. The average molecular weight is 595 g/mol. The second kappa shape index (κ2) is 13.0. The SMILES string of the molecule is CC(=O)Nc1ccc(N2C(=O)CC(Sc3ccc(NC(=O)/C(=C/c4ccco4)NC(=O)c4ccccc4)cc3)C2=O)cc1. The van der Waals surface area contributed by atoms with E-state index < -0.39 is 17.1 Å². The molecule has 1 aromatic heterocycles. The predicted octanol–water partition coefficient (Wildman–Crippen LogP) is 5.07. The van der Waals surface area contributed by atoms with Crippen LogP contribution in [-0.4, -0.2) is 34.8 Å². The van der Waals surface area contributed by atoms with Gasteiger partial charge in [-0.05, 0) is 72.8 Å². The van der Waals surface area contributed by atoms with Gasteiger partial charge in [0, 0.05) is 41.3 Å². The van der Waals surface area contributed by atoms with E-state index in [4.69, 9.17) is 4.42 Å². The highest BCUT2D eigenvalue weighted by Crippen LogP contribution is 2.34. The van der Waals surface area contributed by atoms with E-state index in [1.807, 2.05) is 0 Å². The van der Waals surface area contributed by atoms with Crippen LogP contribution < -0.4 is 20.9 Å². The molecule has 1 atom stereocenters. The molecule has 0 bridgehead atoms.